The maximum atomic E-state index is 13.9. The van der Waals surface area contributed by atoms with Gasteiger partial charge in [0.25, 0.3) is 0 Å². The van der Waals surface area contributed by atoms with Crippen molar-refractivity contribution in [1.29, 1.82) is 5.26 Å². The summed E-state index contributed by atoms with van der Waals surface area (Å²) < 4.78 is 20.5. The molecule has 114 valence electrons. The van der Waals surface area contributed by atoms with Gasteiger partial charge in [-0.2, -0.15) is 5.26 Å². The summed E-state index contributed by atoms with van der Waals surface area (Å²) in [5.41, 5.74) is 0.181. The molecule has 0 N–H and O–H groups in total. The third-order valence-electron chi connectivity index (χ3n) is 4.35. The molecule has 2 rings (SSSR count). The first kappa shape index (κ1) is 16.3. The second-order valence-corrected chi connectivity index (χ2v) is 7.76. The highest BCUT2D eigenvalue weighted by atomic mass is 79.9. The van der Waals surface area contributed by atoms with Crippen LogP contribution in [0.4, 0.5) is 4.39 Å². The molecule has 1 aromatic rings. The van der Waals surface area contributed by atoms with Gasteiger partial charge in [0.2, 0.25) is 0 Å². The first-order valence-corrected chi connectivity index (χ1v) is 8.12. The van der Waals surface area contributed by atoms with E-state index in [2.05, 4.69) is 42.8 Å². The molecular formula is C17H21BrFNO. The molecule has 0 saturated heterocycles. The molecule has 2 nitrogen and oxygen atoms in total. The predicted molar refractivity (Wildman–Crippen MR) is 84.4 cm³/mol. The molecule has 4 heteroatoms. The molecule has 3 unspecified atom stereocenters. The van der Waals surface area contributed by atoms with Crippen molar-refractivity contribution in [2.45, 2.75) is 46.1 Å². The minimum absolute atomic E-state index is 0.161. The quantitative estimate of drug-likeness (QED) is 0.720. The summed E-state index contributed by atoms with van der Waals surface area (Å²) >= 11 is 3.23. The SMILES string of the molecule is CC(C)(C)C1CCC(C#N)C(Oc2ccc(Br)cc2F)C1. The van der Waals surface area contributed by atoms with Crippen molar-refractivity contribution in [3.8, 4) is 11.8 Å². The monoisotopic (exact) mass is 353 g/mol. The Morgan fingerprint density at radius 3 is 2.62 bits per heavy atom. The van der Waals surface area contributed by atoms with E-state index in [1.54, 1.807) is 12.1 Å². The van der Waals surface area contributed by atoms with Gasteiger partial charge in [-0.15, -0.1) is 0 Å². The van der Waals surface area contributed by atoms with Gasteiger partial charge >= 0.3 is 0 Å². The van der Waals surface area contributed by atoms with Gasteiger partial charge < -0.3 is 4.74 Å². The van der Waals surface area contributed by atoms with Gasteiger partial charge in [0.15, 0.2) is 11.6 Å². The van der Waals surface area contributed by atoms with Crippen molar-refractivity contribution in [2.75, 3.05) is 0 Å². The summed E-state index contributed by atoms with van der Waals surface area (Å²) in [6.07, 6.45) is 2.42. The number of rotatable bonds is 2. The van der Waals surface area contributed by atoms with E-state index in [4.69, 9.17) is 4.74 Å². The van der Waals surface area contributed by atoms with E-state index in [0.717, 1.165) is 19.3 Å². The molecule has 0 spiro atoms. The number of hydrogen-bond donors (Lipinski definition) is 0. The zero-order valence-electron chi connectivity index (χ0n) is 12.7. The summed E-state index contributed by atoms with van der Waals surface area (Å²) in [5, 5.41) is 9.31. The molecule has 21 heavy (non-hydrogen) atoms. The normalized spacial score (nSPS) is 26.2. The van der Waals surface area contributed by atoms with E-state index in [0.29, 0.717) is 10.4 Å². The Hall–Kier alpha value is -1.08. The van der Waals surface area contributed by atoms with E-state index >= 15 is 0 Å². The average Bonchev–Trinajstić information content (AvgIpc) is 2.41. The highest BCUT2D eigenvalue weighted by Gasteiger charge is 2.37. The first-order chi connectivity index (χ1) is 9.81. The van der Waals surface area contributed by atoms with E-state index in [-0.39, 0.29) is 29.0 Å². The minimum atomic E-state index is -0.390. The van der Waals surface area contributed by atoms with Crippen LogP contribution in [-0.2, 0) is 0 Å². The number of benzene rings is 1. The lowest BCUT2D eigenvalue weighted by molar-refractivity contribution is 0.0469. The molecule has 1 saturated carbocycles. The molecule has 1 aliphatic carbocycles. The lowest BCUT2D eigenvalue weighted by atomic mass is 9.69. The molecule has 0 bridgehead atoms. The van der Waals surface area contributed by atoms with E-state index < -0.39 is 0 Å². The zero-order chi connectivity index (χ0) is 15.6. The lowest BCUT2D eigenvalue weighted by Gasteiger charge is -2.39. The van der Waals surface area contributed by atoms with Crippen LogP contribution in [0.1, 0.15) is 40.0 Å². The van der Waals surface area contributed by atoms with E-state index in [1.807, 2.05) is 0 Å². The third kappa shape index (κ3) is 3.97. The Bertz CT molecular complexity index is 547. The minimum Gasteiger partial charge on any atom is -0.486 e. The van der Waals surface area contributed by atoms with Gasteiger partial charge in [-0.05, 0) is 48.8 Å². The molecule has 1 aromatic carbocycles. The first-order valence-electron chi connectivity index (χ1n) is 7.32. The van der Waals surface area contributed by atoms with Crippen LogP contribution in [-0.4, -0.2) is 6.10 Å². The summed E-state index contributed by atoms with van der Waals surface area (Å²) in [7, 11) is 0. The predicted octanol–water partition coefficient (Wildman–Crippen LogP) is 5.32. The fourth-order valence-electron chi connectivity index (χ4n) is 2.93. The fraction of sp³-hybridized carbons (Fsp3) is 0.588. The Morgan fingerprint density at radius 2 is 2.05 bits per heavy atom. The second-order valence-electron chi connectivity index (χ2n) is 6.84. The Balaban J connectivity index is 2.16. The molecule has 0 aliphatic heterocycles. The largest absolute Gasteiger partial charge is 0.486 e. The number of nitriles is 1. The topological polar surface area (TPSA) is 33.0 Å². The van der Waals surface area contributed by atoms with Crippen LogP contribution in [0.5, 0.6) is 5.75 Å². The van der Waals surface area contributed by atoms with Crippen LogP contribution in [0.15, 0.2) is 22.7 Å². The molecule has 1 aliphatic rings. The van der Waals surface area contributed by atoms with Gasteiger partial charge in [-0.1, -0.05) is 36.7 Å². The second kappa shape index (κ2) is 6.36. The zero-order valence-corrected chi connectivity index (χ0v) is 14.3. The van der Waals surface area contributed by atoms with Crippen molar-refractivity contribution in [3.05, 3.63) is 28.5 Å². The van der Waals surface area contributed by atoms with Crippen LogP contribution < -0.4 is 4.74 Å². The molecule has 1 fully saturated rings. The van der Waals surface area contributed by atoms with Crippen LogP contribution in [0.2, 0.25) is 0 Å². The van der Waals surface area contributed by atoms with Crippen molar-refractivity contribution in [3.63, 3.8) is 0 Å². The summed E-state index contributed by atoms with van der Waals surface area (Å²) in [5.74, 6) is 0.175. The van der Waals surface area contributed by atoms with Gasteiger partial charge in [0, 0.05) is 4.47 Å². The number of hydrogen-bond acceptors (Lipinski definition) is 2. The van der Waals surface area contributed by atoms with Gasteiger partial charge in [0.1, 0.15) is 6.10 Å². The van der Waals surface area contributed by atoms with E-state index in [1.165, 1.54) is 6.07 Å². The van der Waals surface area contributed by atoms with Crippen LogP contribution in [0.25, 0.3) is 0 Å². The summed E-state index contributed by atoms with van der Waals surface area (Å²) in [6, 6.07) is 7.08. The summed E-state index contributed by atoms with van der Waals surface area (Å²) in [4.78, 5) is 0. The molecule has 0 aromatic heterocycles. The van der Waals surface area contributed by atoms with E-state index in [9.17, 15) is 9.65 Å². The maximum Gasteiger partial charge on any atom is 0.166 e. The van der Waals surface area contributed by atoms with Crippen molar-refractivity contribution in [2.24, 2.45) is 17.3 Å². The van der Waals surface area contributed by atoms with Crippen molar-refractivity contribution < 1.29 is 9.13 Å². The standard InChI is InChI=1S/C17H21BrFNO/c1-17(2,3)12-5-4-11(10-20)16(8-12)21-15-7-6-13(18)9-14(15)19/h6-7,9,11-12,16H,4-5,8H2,1-3H3. The van der Waals surface area contributed by atoms with Crippen LogP contribution in [0.3, 0.4) is 0 Å². The third-order valence-corrected chi connectivity index (χ3v) is 4.85. The van der Waals surface area contributed by atoms with Gasteiger partial charge in [-0.3, -0.25) is 0 Å². The highest BCUT2D eigenvalue weighted by molar-refractivity contribution is 9.10. The molecule has 0 amide bonds. The van der Waals surface area contributed by atoms with Gasteiger partial charge in [0.05, 0.1) is 12.0 Å². The lowest BCUT2D eigenvalue weighted by Crippen LogP contribution is -2.38. The Labute approximate surface area is 134 Å². The molecular weight excluding hydrogens is 333 g/mol. The number of ether oxygens (including phenoxy) is 1. The smallest absolute Gasteiger partial charge is 0.166 e. The van der Waals surface area contributed by atoms with Crippen molar-refractivity contribution in [1.82, 2.24) is 0 Å². The number of nitrogens with zero attached hydrogens (tertiary/aromatic N) is 1. The highest BCUT2D eigenvalue weighted by Crippen LogP contribution is 2.41. The fourth-order valence-corrected chi connectivity index (χ4v) is 3.26. The Morgan fingerprint density at radius 1 is 1.33 bits per heavy atom. The molecule has 3 atom stereocenters. The van der Waals surface area contributed by atoms with Crippen LogP contribution in [0, 0.1) is 34.4 Å². The number of halogens is 2. The molecule has 0 radical (unpaired) electrons. The van der Waals surface area contributed by atoms with Gasteiger partial charge in [-0.25, -0.2) is 4.39 Å². The van der Waals surface area contributed by atoms with Crippen molar-refractivity contribution >= 4 is 15.9 Å². The molecule has 0 heterocycles. The Kier molecular flexibility index (Phi) is 4.93. The average molecular weight is 354 g/mol. The maximum absolute atomic E-state index is 13.9. The van der Waals surface area contributed by atoms with Crippen LogP contribution >= 0.6 is 15.9 Å². The summed E-state index contributed by atoms with van der Waals surface area (Å²) in [6.45, 7) is 6.63.